The van der Waals surface area contributed by atoms with Gasteiger partial charge < -0.3 is 0 Å². The van der Waals surface area contributed by atoms with Gasteiger partial charge >= 0.3 is 0 Å². The van der Waals surface area contributed by atoms with Crippen molar-refractivity contribution in [3.8, 4) is 0 Å². The highest BCUT2D eigenvalue weighted by Crippen LogP contribution is 2.36. The van der Waals surface area contributed by atoms with Gasteiger partial charge in [-0.05, 0) is 38.9 Å². The van der Waals surface area contributed by atoms with Gasteiger partial charge in [-0.1, -0.05) is 88.2 Å². The molecule has 108 valence electrons. The van der Waals surface area contributed by atoms with Crippen LogP contribution >= 0.6 is 0 Å². The van der Waals surface area contributed by atoms with Crippen LogP contribution < -0.4 is 0 Å². The molecule has 0 saturated carbocycles. The maximum atomic E-state index is 2.38. The third kappa shape index (κ3) is 2.55. The average Bonchev–Trinajstić information content (AvgIpc) is 2.52. The molecule has 0 amide bonds. The molecule has 0 bridgehead atoms. The lowest BCUT2D eigenvalue weighted by molar-refractivity contribution is 0.461. The molecule has 0 aliphatic carbocycles. The Labute approximate surface area is 127 Å². The van der Waals surface area contributed by atoms with Crippen LogP contribution in [0.5, 0.6) is 0 Å². The molecule has 0 nitrogen and oxygen atoms in total. The predicted molar refractivity (Wildman–Crippen MR) is 94.0 cm³/mol. The molecule has 0 atom stereocenters. The maximum absolute atomic E-state index is 2.38. The van der Waals surface area contributed by atoms with Crippen molar-refractivity contribution >= 4 is 21.5 Å². The lowest BCUT2D eigenvalue weighted by Gasteiger charge is -2.27. The molecule has 0 heterocycles. The molecule has 3 aromatic rings. The largest absolute Gasteiger partial charge is 0.0654 e. The molecule has 0 heteroatoms. The van der Waals surface area contributed by atoms with E-state index in [0.29, 0.717) is 0 Å². The molecule has 3 rings (SSSR count). The monoisotopic (exact) mass is 276 g/mol. The second-order valence-corrected chi connectivity index (χ2v) is 6.67. The molecule has 0 radical (unpaired) electrons. The fourth-order valence-electron chi connectivity index (χ4n) is 3.38. The zero-order chi connectivity index (χ0) is 14.9. The van der Waals surface area contributed by atoms with Crippen LogP contribution in [0.25, 0.3) is 21.5 Å². The third-order valence-corrected chi connectivity index (χ3v) is 4.67. The summed E-state index contributed by atoms with van der Waals surface area (Å²) in [5.74, 6) is 0. The van der Waals surface area contributed by atoms with Crippen LogP contribution in [-0.4, -0.2) is 0 Å². The molecule has 0 aromatic heterocycles. The summed E-state index contributed by atoms with van der Waals surface area (Å²) in [5.41, 5.74) is 1.72. The van der Waals surface area contributed by atoms with Crippen LogP contribution in [-0.2, 0) is 5.41 Å². The lowest BCUT2D eigenvalue weighted by atomic mass is 9.77. The van der Waals surface area contributed by atoms with Crippen molar-refractivity contribution in [1.82, 2.24) is 0 Å². The van der Waals surface area contributed by atoms with Gasteiger partial charge in [-0.25, -0.2) is 0 Å². The Hall–Kier alpha value is -1.82. The molecule has 0 unspecified atom stereocenters. The van der Waals surface area contributed by atoms with Crippen molar-refractivity contribution < 1.29 is 0 Å². The topological polar surface area (TPSA) is 0 Å². The highest BCUT2D eigenvalue weighted by molar-refractivity contribution is 6.08. The van der Waals surface area contributed by atoms with Gasteiger partial charge in [0, 0.05) is 0 Å². The van der Waals surface area contributed by atoms with Crippen molar-refractivity contribution in [1.29, 1.82) is 0 Å². The van der Waals surface area contributed by atoms with Crippen molar-refractivity contribution in [2.75, 3.05) is 0 Å². The van der Waals surface area contributed by atoms with E-state index in [1.54, 1.807) is 0 Å². The van der Waals surface area contributed by atoms with Crippen LogP contribution in [0.3, 0.4) is 0 Å². The summed E-state index contributed by atoms with van der Waals surface area (Å²) in [5, 5.41) is 5.49. The number of hydrogen-bond donors (Lipinski definition) is 0. The lowest BCUT2D eigenvalue weighted by Crippen LogP contribution is -2.17. The summed E-state index contributed by atoms with van der Waals surface area (Å²) in [6, 6.07) is 20.0. The van der Waals surface area contributed by atoms with Gasteiger partial charge in [0.15, 0.2) is 0 Å². The highest BCUT2D eigenvalue weighted by Gasteiger charge is 2.22. The summed E-state index contributed by atoms with van der Waals surface area (Å²) in [7, 11) is 0. The standard InChI is InChI=1S/C21H24/c1-4-5-15-21(2,3)20-12-8-11-18-17-10-7-6-9-16(17)13-14-19(18)20/h6-14H,4-5,15H2,1-3H3. The first-order valence-corrected chi connectivity index (χ1v) is 8.04. The molecular weight excluding hydrogens is 252 g/mol. The quantitative estimate of drug-likeness (QED) is 0.480. The summed E-state index contributed by atoms with van der Waals surface area (Å²) < 4.78 is 0. The fraction of sp³-hybridized carbons (Fsp3) is 0.333. The van der Waals surface area contributed by atoms with E-state index in [9.17, 15) is 0 Å². The Bertz CT molecular complexity index is 765. The Morgan fingerprint density at radius 1 is 0.762 bits per heavy atom. The normalized spacial score (nSPS) is 12.1. The Balaban J connectivity index is 2.23. The molecule has 0 fully saturated rings. The Morgan fingerprint density at radius 3 is 2.33 bits per heavy atom. The number of hydrogen-bond acceptors (Lipinski definition) is 0. The molecule has 0 saturated heterocycles. The summed E-state index contributed by atoms with van der Waals surface area (Å²) in [4.78, 5) is 0. The minimum Gasteiger partial charge on any atom is -0.0654 e. The van der Waals surface area contributed by atoms with Gasteiger partial charge in [-0.15, -0.1) is 0 Å². The van der Waals surface area contributed by atoms with Gasteiger partial charge in [-0.3, -0.25) is 0 Å². The van der Waals surface area contributed by atoms with Crippen LogP contribution in [0.2, 0.25) is 0 Å². The molecule has 0 spiro atoms. The van der Waals surface area contributed by atoms with Gasteiger partial charge in [-0.2, -0.15) is 0 Å². The summed E-state index contributed by atoms with van der Waals surface area (Å²) >= 11 is 0. The van der Waals surface area contributed by atoms with E-state index in [4.69, 9.17) is 0 Å². The molecule has 0 N–H and O–H groups in total. The zero-order valence-electron chi connectivity index (χ0n) is 13.3. The van der Waals surface area contributed by atoms with Gasteiger partial charge in [0.1, 0.15) is 0 Å². The predicted octanol–water partition coefficient (Wildman–Crippen LogP) is 6.46. The first-order valence-electron chi connectivity index (χ1n) is 8.04. The van der Waals surface area contributed by atoms with Crippen LogP contribution in [0.4, 0.5) is 0 Å². The van der Waals surface area contributed by atoms with Crippen LogP contribution in [0.1, 0.15) is 45.6 Å². The zero-order valence-corrected chi connectivity index (χ0v) is 13.3. The Morgan fingerprint density at radius 2 is 1.52 bits per heavy atom. The first kappa shape index (κ1) is 14.1. The van der Waals surface area contributed by atoms with Crippen LogP contribution in [0.15, 0.2) is 54.6 Å². The third-order valence-electron chi connectivity index (χ3n) is 4.67. The van der Waals surface area contributed by atoms with E-state index in [-0.39, 0.29) is 5.41 Å². The van der Waals surface area contributed by atoms with E-state index in [1.165, 1.54) is 46.4 Å². The second kappa shape index (κ2) is 5.52. The van der Waals surface area contributed by atoms with E-state index < -0.39 is 0 Å². The second-order valence-electron chi connectivity index (χ2n) is 6.67. The maximum Gasteiger partial charge on any atom is -0.00974 e. The highest BCUT2D eigenvalue weighted by atomic mass is 14.3. The van der Waals surface area contributed by atoms with Crippen molar-refractivity contribution in [2.24, 2.45) is 0 Å². The smallest absolute Gasteiger partial charge is 0.00974 e. The van der Waals surface area contributed by atoms with E-state index >= 15 is 0 Å². The number of benzene rings is 3. The van der Waals surface area contributed by atoms with E-state index in [0.717, 1.165) is 0 Å². The van der Waals surface area contributed by atoms with E-state index in [1.807, 2.05) is 0 Å². The van der Waals surface area contributed by atoms with Gasteiger partial charge in [0.2, 0.25) is 0 Å². The molecule has 21 heavy (non-hydrogen) atoms. The first-order chi connectivity index (χ1) is 10.1. The SMILES string of the molecule is CCCCC(C)(C)c1cccc2c1ccc1ccccc12. The molecular formula is C21H24. The number of unbranched alkanes of at least 4 members (excludes halogenated alkanes) is 1. The Kier molecular flexibility index (Phi) is 3.71. The summed E-state index contributed by atoms with van der Waals surface area (Å²) in [6.07, 6.45) is 3.80. The minimum absolute atomic E-state index is 0.234. The van der Waals surface area contributed by atoms with Crippen molar-refractivity contribution in [2.45, 2.75) is 45.4 Å². The summed E-state index contributed by atoms with van der Waals surface area (Å²) in [6.45, 7) is 7.03. The van der Waals surface area contributed by atoms with Crippen molar-refractivity contribution in [3.63, 3.8) is 0 Å². The molecule has 0 aliphatic heterocycles. The van der Waals surface area contributed by atoms with Crippen molar-refractivity contribution in [3.05, 3.63) is 60.2 Å². The minimum atomic E-state index is 0.234. The van der Waals surface area contributed by atoms with Gasteiger partial charge in [0.05, 0.1) is 0 Å². The molecule has 3 aromatic carbocycles. The molecule has 0 aliphatic rings. The van der Waals surface area contributed by atoms with Crippen LogP contribution in [0, 0.1) is 0 Å². The number of rotatable bonds is 4. The fourth-order valence-corrected chi connectivity index (χ4v) is 3.38. The van der Waals surface area contributed by atoms with Gasteiger partial charge in [0.25, 0.3) is 0 Å². The average molecular weight is 276 g/mol. The number of fused-ring (bicyclic) bond motifs is 3. The van der Waals surface area contributed by atoms with E-state index in [2.05, 4.69) is 75.4 Å².